The van der Waals surface area contributed by atoms with Gasteiger partial charge in [-0.1, -0.05) is 15.9 Å². The van der Waals surface area contributed by atoms with Gasteiger partial charge in [0.05, 0.1) is 5.69 Å². The van der Waals surface area contributed by atoms with Gasteiger partial charge in [-0.2, -0.15) is 0 Å². The van der Waals surface area contributed by atoms with Crippen molar-refractivity contribution in [3.63, 3.8) is 0 Å². The molecule has 1 aromatic carbocycles. The number of carbonyl (C=O) groups is 2. The molecule has 0 bridgehead atoms. The van der Waals surface area contributed by atoms with Gasteiger partial charge in [-0.25, -0.2) is 9.59 Å². The lowest BCUT2D eigenvalue weighted by Crippen LogP contribution is -2.45. The third-order valence-corrected chi connectivity index (χ3v) is 3.87. The van der Waals surface area contributed by atoms with E-state index in [4.69, 9.17) is 4.74 Å². The molecule has 1 aromatic rings. The van der Waals surface area contributed by atoms with Crippen molar-refractivity contribution >= 4 is 33.7 Å². The Morgan fingerprint density at radius 3 is 2.52 bits per heavy atom. The minimum Gasteiger partial charge on any atom is -0.480 e. The SMILES string of the molecule is Cc1cc(Br)c2c(c1)N(C(=O)OC(C)(C)C)C(C(=O)O)C2. The van der Waals surface area contributed by atoms with Gasteiger partial charge in [0.2, 0.25) is 0 Å². The summed E-state index contributed by atoms with van der Waals surface area (Å²) in [4.78, 5) is 25.1. The van der Waals surface area contributed by atoms with Crippen LogP contribution in [0.15, 0.2) is 16.6 Å². The first kappa shape index (κ1) is 15.8. The van der Waals surface area contributed by atoms with Crippen molar-refractivity contribution in [2.24, 2.45) is 0 Å². The number of halogens is 1. The van der Waals surface area contributed by atoms with Crippen molar-refractivity contribution in [1.82, 2.24) is 0 Å². The lowest BCUT2D eigenvalue weighted by Gasteiger charge is -2.27. The predicted molar refractivity (Wildman–Crippen MR) is 82.7 cm³/mol. The fourth-order valence-electron chi connectivity index (χ4n) is 2.36. The highest BCUT2D eigenvalue weighted by Crippen LogP contribution is 2.39. The molecule has 1 atom stereocenters. The maximum atomic E-state index is 12.4. The van der Waals surface area contributed by atoms with Crippen LogP contribution in [0.1, 0.15) is 31.9 Å². The summed E-state index contributed by atoms with van der Waals surface area (Å²) >= 11 is 3.44. The van der Waals surface area contributed by atoms with Crippen molar-refractivity contribution in [1.29, 1.82) is 0 Å². The molecule has 1 amide bonds. The van der Waals surface area contributed by atoms with Crippen LogP contribution in [-0.4, -0.2) is 28.8 Å². The Morgan fingerprint density at radius 2 is 2.00 bits per heavy atom. The first-order valence-electron chi connectivity index (χ1n) is 6.64. The summed E-state index contributed by atoms with van der Waals surface area (Å²) in [7, 11) is 0. The van der Waals surface area contributed by atoms with Gasteiger partial charge in [0.1, 0.15) is 11.6 Å². The molecule has 0 radical (unpaired) electrons. The van der Waals surface area contributed by atoms with Gasteiger partial charge in [-0.15, -0.1) is 0 Å². The van der Waals surface area contributed by atoms with E-state index in [1.165, 1.54) is 4.90 Å². The maximum Gasteiger partial charge on any atom is 0.415 e. The van der Waals surface area contributed by atoms with E-state index in [2.05, 4.69) is 15.9 Å². The largest absolute Gasteiger partial charge is 0.480 e. The molecule has 6 heteroatoms. The van der Waals surface area contributed by atoms with Gasteiger partial charge < -0.3 is 9.84 Å². The predicted octanol–water partition coefficient (Wildman–Crippen LogP) is 3.51. The van der Waals surface area contributed by atoms with Crippen LogP contribution in [0, 0.1) is 6.92 Å². The van der Waals surface area contributed by atoms with E-state index in [0.29, 0.717) is 5.69 Å². The minimum absolute atomic E-state index is 0.269. The molecular weight excluding hydrogens is 338 g/mol. The van der Waals surface area contributed by atoms with Crippen LogP contribution < -0.4 is 4.90 Å². The molecule has 0 aliphatic carbocycles. The summed E-state index contributed by atoms with van der Waals surface area (Å²) in [5.74, 6) is -1.04. The van der Waals surface area contributed by atoms with Gasteiger partial charge in [-0.05, 0) is 51.0 Å². The Balaban J connectivity index is 2.47. The van der Waals surface area contributed by atoms with E-state index in [1.807, 2.05) is 19.1 Å². The molecule has 1 N–H and O–H groups in total. The number of amides is 1. The number of aryl methyl sites for hydroxylation is 1. The molecule has 1 aliphatic rings. The summed E-state index contributed by atoms with van der Waals surface area (Å²) in [5, 5.41) is 9.40. The third kappa shape index (κ3) is 3.20. The Kier molecular flexibility index (Phi) is 4.02. The second-order valence-electron chi connectivity index (χ2n) is 6.15. The number of rotatable bonds is 1. The lowest BCUT2D eigenvalue weighted by molar-refractivity contribution is -0.138. The second kappa shape index (κ2) is 5.33. The number of carboxylic acid groups (broad SMARTS) is 1. The Morgan fingerprint density at radius 1 is 1.38 bits per heavy atom. The standard InChI is InChI=1S/C15H18BrNO4/c1-8-5-10(16)9-7-12(13(18)19)17(11(9)6-8)14(20)21-15(2,3)4/h5-6,12H,7H2,1-4H3,(H,18,19). The zero-order valence-corrected chi connectivity index (χ0v) is 14.0. The van der Waals surface area contributed by atoms with Crippen molar-refractivity contribution in [2.45, 2.75) is 45.8 Å². The molecule has 5 nitrogen and oxygen atoms in total. The molecule has 114 valence electrons. The highest BCUT2D eigenvalue weighted by atomic mass is 79.9. The lowest BCUT2D eigenvalue weighted by atomic mass is 10.1. The molecule has 1 aliphatic heterocycles. The van der Waals surface area contributed by atoms with Crippen LogP contribution in [0.25, 0.3) is 0 Å². The van der Waals surface area contributed by atoms with Crippen molar-refractivity contribution in [3.8, 4) is 0 Å². The van der Waals surface area contributed by atoms with E-state index in [9.17, 15) is 14.7 Å². The third-order valence-electron chi connectivity index (χ3n) is 3.16. The molecule has 0 saturated carbocycles. The van der Waals surface area contributed by atoms with Gasteiger partial charge in [0.25, 0.3) is 0 Å². The highest BCUT2D eigenvalue weighted by molar-refractivity contribution is 9.10. The molecule has 0 saturated heterocycles. The number of carboxylic acids is 1. The summed E-state index contributed by atoms with van der Waals surface area (Å²) in [5.41, 5.74) is 1.69. The molecule has 21 heavy (non-hydrogen) atoms. The number of hydrogen-bond donors (Lipinski definition) is 1. The molecule has 1 heterocycles. The Hall–Kier alpha value is -1.56. The number of fused-ring (bicyclic) bond motifs is 1. The zero-order valence-electron chi connectivity index (χ0n) is 12.4. The molecule has 0 spiro atoms. The van der Waals surface area contributed by atoms with Gasteiger partial charge >= 0.3 is 12.1 Å². The van der Waals surface area contributed by atoms with E-state index >= 15 is 0 Å². The summed E-state index contributed by atoms with van der Waals surface area (Å²) in [6, 6.07) is 2.79. The summed E-state index contributed by atoms with van der Waals surface area (Å²) in [6.45, 7) is 7.16. The highest BCUT2D eigenvalue weighted by Gasteiger charge is 2.41. The van der Waals surface area contributed by atoms with Crippen LogP contribution in [0.3, 0.4) is 0 Å². The monoisotopic (exact) mass is 355 g/mol. The molecule has 1 unspecified atom stereocenters. The number of hydrogen-bond acceptors (Lipinski definition) is 3. The van der Waals surface area contributed by atoms with Gasteiger partial charge in [-0.3, -0.25) is 4.90 Å². The number of benzene rings is 1. The average molecular weight is 356 g/mol. The van der Waals surface area contributed by atoms with Gasteiger partial charge in [0.15, 0.2) is 0 Å². The second-order valence-corrected chi connectivity index (χ2v) is 7.01. The normalized spacial score (nSPS) is 17.6. The topological polar surface area (TPSA) is 66.8 Å². The number of aliphatic carboxylic acids is 1. The molecule has 0 aromatic heterocycles. The first-order valence-corrected chi connectivity index (χ1v) is 7.43. The number of nitrogens with zero attached hydrogens (tertiary/aromatic N) is 1. The average Bonchev–Trinajstić information content (AvgIpc) is 2.66. The Labute approximate surface area is 132 Å². The number of anilines is 1. The molecule has 2 rings (SSSR count). The maximum absolute atomic E-state index is 12.4. The fourth-order valence-corrected chi connectivity index (χ4v) is 3.08. The summed E-state index contributed by atoms with van der Waals surface area (Å²) < 4.78 is 6.16. The fraction of sp³-hybridized carbons (Fsp3) is 0.467. The number of carbonyl (C=O) groups excluding carboxylic acids is 1. The van der Waals surface area contributed by atoms with Crippen LogP contribution in [0.2, 0.25) is 0 Å². The summed E-state index contributed by atoms with van der Waals surface area (Å²) in [6.07, 6.45) is -0.365. The quantitative estimate of drug-likeness (QED) is 0.836. The molecule has 0 fully saturated rings. The van der Waals surface area contributed by atoms with Crippen molar-refractivity contribution < 1.29 is 19.4 Å². The van der Waals surface area contributed by atoms with Crippen LogP contribution in [0.4, 0.5) is 10.5 Å². The van der Waals surface area contributed by atoms with Crippen LogP contribution in [-0.2, 0) is 16.0 Å². The molecular formula is C15H18BrNO4. The van der Waals surface area contributed by atoms with E-state index in [-0.39, 0.29) is 6.42 Å². The van der Waals surface area contributed by atoms with Gasteiger partial charge in [0, 0.05) is 10.9 Å². The minimum atomic E-state index is -1.04. The van der Waals surface area contributed by atoms with E-state index in [0.717, 1.165) is 15.6 Å². The van der Waals surface area contributed by atoms with Crippen molar-refractivity contribution in [3.05, 3.63) is 27.7 Å². The number of ether oxygens (including phenoxy) is 1. The van der Waals surface area contributed by atoms with E-state index < -0.39 is 23.7 Å². The van der Waals surface area contributed by atoms with E-state index in [1.54, 1.807) is 20.8 Å². The first-order chi connectivity index (χ1) is 9.60. The Bertz CT molecular complexity index is 606. The smallest absolute Gasteiger partial charge is 0.415 e. The zero-order chi connectivity index (χ0) is 15.9. The van der Waals surface area contributed by atoms with Crippen molar-refractivity contribution in [2.75, 3.05) is 4.90 Å². The van der Waals surface area contributed by atoms with Crippen LogP contribution >= 0.6 is 15.9 Å². The van der Waals surface area contributed by atoms with Crippen LogP contribution in [0.5, 0.6) is 0 Å².